The highest BCUT2D eigenvalue weighted by molar-refractivity contribution is 7.99. The number of anilines is 1. The molecule has 1 amide bonds. The van der Waals surface area contributed by atoms with Crippen LogP contribution in [0.4, 0.5) is 18.3 Å². The van der Waals surface area contributed by atoms with Gasteiger partial charge in [-0.1, -0.05) is 12.1 Å². The van der Waals surface area contributed by atoms with Crippen LogP contribution in [0.2, 0.25) is 0 Å². The van der Waals surface area contributed by atoms with Gasteiger partial charge in [0.15, 0.2) is 5.13 Å². The maximum atomic E-state index is 12.2. The lowest BCUT2D eigenvalue weighted by molar-refractivity contribution is -0.129. The van der Waals surface area contributed by atoms with Crippen molar-refractivity contribution < 1.29 is 22.7 Å². The van der Waals surface area contributed by atoms with Crippen molar-refractivity contribution in [2.45, 2.75) is 17.5 Å². The van der Waals surface area contributed by atoms with Crippen molar-refractivity contribution in [3.05, 3.63) is 65.6 Å². The molecule has 1 heterocycles. The second-order valence-electron chi connectivity index (χ2n) is 6.37. The molecule has 0 spiro atoms. The van der Waals surface area contributed by atoms with Crippen molar-refractivity contribution >= 4 is 40.2 Å². The third-order valence-corrected chi connectivity index (χ3v) is 5.85. The van der Waals surface area contributed by atoms with Gasteiger partial charge in [-0.05, 0) is 48.0 Å². The average Bonchev–Trinajstić information content (AvgIpc) is 3.21. The number of amides is 1. The van der Waals surface area contributed by atoms with Crippen LogP contribution in [0.25, 0.3) is 17.3 Å². The summed E-state index contributed by atoms with van der Waals surface area (Å²) in [6.45, 7) is 0. The number of rotatable bonds is 8. The minimum atomic E-state index is -4.14. The van der Waals surface area contributed by atoms with E-state index in [-0.39, 0.29) is 11.7 Å². The van der Waals surface area contributed by atoms with Gasteiger partial charge in [0.1, 0.15) is 5.75 Å². The molecule has 0 saturated heterocycles. The van der Waals surface area contributed by atoms with Crippen LogP contribution < -0.4 is 10.1 Å². The maximum absolute atomic E-state index is 12.2. The Morgan fingerprint density at radius 1 is 1.16 bits per heavy atom. The van der Waals surface area contributed by atoms with E-state index in [1.54, 1.807) is 37.5 Å². The van der Waals surface area contributed by atoms with E-state index < -0.39 is 12.6 Å². The number of carbonyl (C=O) groups excluding carboxylic acids is 1. The highest BCUT2D eigenvalue weighted by Gasteiger charge is 2.26. The average molecular weight is 465 g/mol. The molecule has 162 valence electrons. The van der Waals surface area contributed by atoms with Crippen molar-refractivity contribution in [1.82, 2.24) is 4.98 Å². The van der Waals surface area contributed by atoms with Gasteiger partial charge in [-0.2, -0.15) is 13.2 Å². The van der Waals surface area contributed by atoms with E-state index in [0.717, 1.165) is 39.2 Å². The molecule has 0 atom stereocenters. The lowest BCUT2D eigenvalue weighted by atomic mass is 10.2. The number of alkyl halides is 3. The SMILES string of the molecule is COc1ccc(-c2csc(NC(=O)/C=C/c3ccc(SCCC(F)(F)F)cc3)n2)cc1. The Balaban J connectivity index is 1.51. The summed E-state index contributed by atoms with van der Waals surface area (Å²) in [6, 6.07) is 14.5. The van der Waals surface area contributed by atoms with Crippen molar-refractivity contribution in [3.8, 4) is 17.0 Å². The first-order chi connectivity index (χ1) is 14.8. The van der Waals surface area contributed by atoms with Crippen molar-refractivity contribution in [1.29, 1.82) is 0 Å². The van der Waals surface area contributed by atoms with Gasteiger partial charge in [-0.25, -0.2) is 4.98 Å². The van der Waals surface area contributed by atoms with Gasteiger partial charge < -0.3 is 4.74 Å². The molecule has 0 bridgehead atoms. The molecule has 0 aliphatic rings. The second-order valence-corrected chi connectivity index (χ2v) is 8.40. The van der Waals surface area contributed by atoms with Gasteiger partial charge in [0.25, 0.3) is 0 Å². The van der Waals surface area contributed by atoms with Gasteiger partial charge in [0.2, 0.25) is 5.91 Å². The molecule has 0 radical (unpaired) electrons. The molecule has 1 aromatic heterocycles. The van der Waals surface area contributed by atoms with E-state index in [1.165, 1.54) is 17.4 Å². The van der Waals surface area contributed by atoms with E-state index in [0.29, 0.717) is 5.13 Å². The first-order valence-corrected chi connectivity index (χ1v) is 11.1. The monoisotopic (exact) mass is 464 g/mol. The summed E-state index contributed by atoms with van der Waals surface area (Å²) in [5.41, 5.74) is 2.44. The number of nitrogens with zero attached hydrogens (tertiary/aromatic N) is 1. The van der Waals surface area contributed by atoms with E-state index >= 15 is 0 Å². The summed E-state index contributed by atoms with van der Waals surface area (Å²) in [5.74, 6) is 0.415. The molecule has 0 saturated carbocycles. The molecular weight excluding hydrogens is 445 g/mol. The molecule has 2 aromatic carbocycles. The first kappa shape index (κ1) is 22.9. The topological polar surface area (TPSA) is 51.2 Å². The lowest BCUT2D eigenvalue weighted by Crippen LogP contribution is -2.07. The largest absolute Gasteiger partial charge is 0.497 e. The fraction of sp³-hybridized carbons (Fsp3) is 0.182. The number of thioether (sulfide) groups is 1. The number of hydrogen-bond acceptors (Lipinski definition) is 5. The summed E-state index contributed by atoms with van der Waals surface area (Å²) in [6.07, 6.45) is -1.94. The van der Waals surface area contributed by atoms with Crippen LogP contribution in [0.3, 0.4) is 0 Å². The standard InChI is InChI=1S/C22H19F3N2O2S2/c1-29-17-7-5-16(6-8-17)19-14-31-21(26-19)27-20(28)11-4-15-2-9-18(10-3-15)30-13-12-22(23,24)25/h2-11,14H,12-13H2,1H3,(H,26,27,28)/b11-4+. The normalized spacial score (nSPS) is 11.6. The van der Waals surface area contributed by atoms with Gasteiger partial charge in [-0.15, -0.1) is 23.1 Å². The van der Waals surface area contributed by atoms with E-state index in [9.17, 15) is 18.0 Å². The third kappa shape index (κ3) is 7.45. The number of ether oxygens (including phenoxy) is 1. The Bertz CT molecular complexity index is 1030. The number of methoxy groups -OCH3 is 1. The predicted molar refractivity (Wildman–Crippen MR) is 120 cm³/mol. The number of aromatic nitrogens is 1. The second kappa shape index (κ2) is 10.5. The van der Waals surface area contributed by atoms with Gasteiger partial charge in [0.05, 0.1) is 19.2 Å². The predicted octanol–water partition coefficient (Wildman–Crippen LogP) is 6.52. The zero-order chi connectivity index (χ0) is 22.3. The van der Waals surface area contributed by atoms with Crippen LogP contribution in [0.15, 0.2) is 64.9 Å². The summed E-state index contributed by atoms with van der Waals surface area (Å²) in [5, 5.41) is 5.07. The number of carbonyl (C=O) groups is 1. The molecular formula is C22H19F3N2O2S2. The highest BCUT2D eigenvalue weighted by atomic mass is 32.2. The number of thiazole rings is 1. The summed E-state index contributed by atoms with van der Waals surface area (Å²) in [4.78, 5) is 17.3. The quantitative estimate of drug-likeness (QED) is 0.305. The summed E-state index contributed by atoms with van der Waals surface area (Å²) >= 11 is 2.47. The minimum absolute atomic E-state index is 0.0204. The third-order valence-electron chi connectivity index (χ3n) is 4.08. The molecule has 0 aliphatic heterocycles. The Hall–Kier alpha value is -2.78. The molecule has 1 N–H and O–H groups in total. The number of nitrogens with one attached hydrogen (secondary N) is 1. The summed E-state index contributed by atoms with van der Waals surface area (Å²) in [7, 11) is 1.60. The Labute approximate surface area is 186 Å². The molecule has 3 rings (SSSR count). The minimum Gasteiger partial charge on any atom is -0.497 e. The first-order valence-electron chi connectivity index (χ1n) is 9.21. The molecule has 4 nitrogen and oxygen atoms in total. The van der Waals surface area contributed by atoms with E-state index in [1.807, 2.05) is 29.6 Å². The Morgan fingerprint density at radius 3 is 2.52 bits per heavy atom. The summed E-state index contributed by atoms with van der Waals surface area (Å²) < 4.78 is 41.7. The zero-order valence-electron chi connectivity index (χ0n) is 16.5. The van der Waals surface area contributed by atoms with Gasteiger partial charge in [-0.3, -0.25) is 10.1 Å². The lowest BCUT2D eigenvalue weighted by Gasteiger charge is -2.05. The molecule has 3 aromatic rings. The van der Waals surface area contributed by atoms with Crippen LogP contribution in [0.1, 0.15) is 12.0 Å². The number of hydrogen-bond donors (Lipinski definition) is 1. The van der Waals surface area contributed by atoms with Crippen molar-refractivity contribution in [3.63, 3.8) is 0 Å². The smallest absolute Gasteiger partial charge is 0.389 e. The molecule has 9 heteroatoms. The van der Waals surface area contributed by atoms with Crippen LogP contribution in [-0.2, 0) is 4.79 Å². The molecule has 0 fully saturated rings. The highest BCUT2D eigenvalue weighted by Crippen LogP contribution is 2.27. The maximum Gasteiger partial charge on any atom is 0.389 e. The number of halogens is 3. The van der Waals surface area contributed by atoms with Crippen LogP contribution >= 0.6 is 23.1 Å². The molecule has 31 heavy (non-hydrogen) atoms. The van der Waals surface area contributed by atoms with Crippen molar-refractivity contribution in [2.75, 3.05) is 18.2 Å². The zero-order valence-corrected chi connectivity index (χ0v) is 18.1. The van der Waals surface area contributed by atoms with Gasteiger partial charge in [0, 0.05) is 27.7 Å². The Morgan fingerprint density at radius 2 is 1.87 bits per heavy atom. The van der Waals surface area contributed by atoms with Gasteiger partial charge >= 0.3 is 6.18 Å². The molecule has 0 unspecified atom stereocenters. The van der Waals surface area contributed by atoms with Crippen LogP contribution in [0.5, 0.6) is 5.75 Å². The van der Waals surface area contributed by atoms with Crippen molar-refractivity contribution in [2.24, 2.45) is 0 Å². The molecule has 0 aliphatic carbocycles. The number of benzene rings is 2. The van der Waals surface area contributed by atoms with E-state index in [4.69, 9.17) is 4.74 Å². The van der Waals surface area contributed by atoms with E-state index in [2.05, 4.69) is 10.3 Å². The Kier molecular flexibility index (Phi) is 7.75. The van der Waals surface area contributed by atoms with Crippen LogP contribution in [0, 0.1) is 0 Å². The van der Waals surface area contributed by atoms with Crippen LogP contribution in [-0.4, -0.2) is 29.9 Å². The fourth-order valence-electron chi connectivity index (χ4n) is 2.50. The fourth-order valence-corrected chi connectivity index (χ4v) is 4.12.